The van der Waals surface area contributed by atoms with Gasteiger partial charge >= 0.3 is 6.03 Å². The van der Waals surface area contributed by atoms with E-state index in [1.807, 2.05) is 0 Å². The average Bonchev–Trinajstić information content (AvgIpc) is 3.46. The number of ether oxygens (including phenoxy) is 1. The first kappa shape index (κ1) is 20.7. The molecule has 4 rings (SSSR count). The molecule has 1 atom stereocenters. The van der Waals surface area contributed by atoms with Crippen LogP contribution in [0.2, 0.25) is 0 Å². The molecule has 2 N–H and O–H groups in total. The third-order valence-electron chi connectivity index (χ3n) is 5.39. The quantitative estimate of drug-likeness (QED) is 0.756. The van der Waals surface area contributed by atoms with Gasteiger partial charge < -0.3 is 20.3 Å². The predicted octanol–water partition coefficient (Wildman–Crippen LogP) is 3.00. The number of hydrogen-bond acceptors (Lipinski definition) is 6. The Morgan fingerprint density at radius 1 is 1.20 bits per heavy atom. The van der Waals surface area contributed by atoms with Crippen molar-refractivity contribution in [2.24, 2.45) is 0 Å². The molecule has 1 aromatic carbocycles. The van der Waals surface area contributed by atoms with Gasteiger partial charge in [-0.3, -0.25) is 4.79 Å². The van der Waals surface area contributed by atoms with Crippen LogP contribution in [0, 0.1) is 5.82 Å². The first-order valence-electron chi connectivity index (χ1n) is 10.1. The number of carbonyl (C=O) groups is 2. The van der Waals surface area contributed by atoms with Crippen LogP contribution in [0.25, 0.3) is 0 Å². The average molecular weight is 434 g/mol. The van der Waals surface area contributed by atoms with Crippen LogP contribution in [-0.2, 0) is 4.74 Å². The van der Waals surface area contributed by atoms with Crippen LogP contribution in [0.5, 0.6) is 0 Å². The summed E-state index contributed by atoms with van der Waals surface area (Å²) in [5.41, 5.74) is 0.113. The van der Waals surface area contributed by atoms with Crippen molar-refractivity contribution in [1.82, 2.24) is 20.4 Å². The summed E-state index contributed by atoms with van der Waals surface area (Å²) in [5, 5.41) is 14.6. The molecule has 2 saturated heterocycles. The second-order valence-corrected chi connectivity index (χ2v) is 8.47. The highest BCUT2D eigenvalue weighted by molar-refractivity contribution is 7.13. The van der Waals surface area contributed by atoms with E-state index < -0.39 is 11.7 Å². The van der Waals surface area contributed by atoms with Crippen molar-refractivity contribution in [3.63, 3.8) is 0 Å². The van der Waals surface area contributed by atoms with E-state index in [9.17, 15) is 14.0 Å². The van der Waals surface area contributed by atoms with E-state index in [2.05, 4.69) is 20.8 Å². The number of nitrogens with one attached hydrogen (secondary N) is 2. The number of piperidine rings is 1. The molecule has 0 unspecified atom stereocenters. The van der Waals surface area contributed by atoms with E-state index >= 15 is 0 Å². The Labute approximate surface area is 177 Å². The molecular formula is C20H24FN5O3S. The van der Waals surface area contributed by atoms with Gasteiger partial charge in [-0.1, -0.05) is 23.5 Å². The zero-order chi connectivity index (χ0) is 20.9. The molecule has 2 aliphatic rings. The maximum absolute atomic E-state index is 13.7. The minimum absolute atomic E-state index is 0.0637. The largest absolute Gasteiger partial charge is 0.376 e. The molecule has 0 spiro atoms. The SMILES string of the molecule is O=C(Nc1ccccc1F)c1nnc(C2CCN(C(=O)NC[C@@H]3CCCO3)CC2)s1. The highest BCUT2D eigenvalue weighted by atomic mass is 32.1. The second-order valence-electron chi connectivity index (χ2n) is 7.46. The first-order valence-corrected chi connectivity index (χ1v) is 11.0. The molecule has 10 heteroatoms. The Hall–Kier alpha value is -2.59. The Morgan fingerprint density at radius 2 is 2.00 bits per heavy atom. The minimum atomic E-state index is -0.499. The third-order valence-corrected chi connectivity index (χ3v) is 6.48. The summed E-state index contributed by atoms with van der Waals surface area (Å²) < 4.78 is 19.2. The van der Waals surface area contributed by atoms with Gasteiger partial charge in [0, 0.05) is 32.2 Å². The topological polar surface area (TPSA) is 96.5 Å². The molecule has 160 valence electrons. The summed E-state index contributed by atoms with van der Waals surface area (Å²) in [6.07, 6.45) is 3.69. The van der Waals surface area contributed by atoms with Crippen molar-refractivity contribution in [3.05, 3.63) is 40.1 Å². The first-order chi connectivity index (χ1) is 14.6. The van der Waals surface area contributed by atoms with Gasteiger partial charge in [0.1, 0.15) is 10.8 Å². The van der Waals surface area contributed by atoms with E-state index in [4.69, 9.17) is 4.74 Å². The van der Waals surface area contributed by atoms with Crippen LogP contribution >= 0.6 is 11.3 Å². The van der Waals surface area contributed by atoms with E-state index in [1.165, 1.54) is 23.5 Å². The molecule has 0 saturated carbocycles. The number of rotatable bonds is 5. The van der Waals surface area contributed by atoms with Crippen molar-refractivity contribution < 1.29 is 18.7 Å². The van der Waals surface area contributed by atoms with Crippen LogP contribution in [0.3, 0.4) is 0 Å². The maximum Gasteiger partial charge on any atom is 0.317 e. The van der Waals surface area contributed by atoms with E-state index in [0.29, 0.717) is 19.6 Å². The zero-order valence-corrected chi connectivity index (χ0v) is 17.3. The maximum atomic E-state index is 13.7. The molecule has 1 aromatic heterocycles. The molecule has 2 aromatic rings. The van der Waals surface area contributed by atoms with Crippen molar-refractivity contribution in [2.75, 3.05) is 31.6 Å². The van der Waals surface area contributed by atoms with Gasteiger partial charge in [0.15, 0.2) is 0 Å². The molecule has 8 nitrogen and oxygen atoms in total. The normalized spacial score (nSPS) is 19.6. The Bertz CT molecular complexity index is 894. The summed E-state index contributed by atoms with van der Waals surface area (Å²) in [6.45, 7) is 2.57. The number of urea groups is 1. The molecule has 2 fully saturated rings. The lowest BCUT2D eigenvalue weighted by Crippen LogP contribution is -2.46. The number of nitrogens with zero attached hydrogens (tertiary/aromatic N) is 3. The highest BCUT2D eigenvalue weighted by Gasteiger charge is 2.28. The fourth-order valence-electron chi connectivity index (χ4n) is 3.68. The number of para-hydroxylation sites is 1. The van der Waals surface area contributed by atoms with Crippen molar-refractivity contribution in [1.29, 1.82) is 0 Å². The number of hydrogen-bond donors (Lipinski definition) is 2. The Kier molecular flexibility index (Phi) is 6.53. The summed E-state index contributed by atoms with van der Waals surface area (Å²) in [4.78, 5) is 26.5. The highest BCUT2D eigenvalue weighted by Crippen LogP contribution is 2.30. The fourth-order valence-corrected chi connectivity index (χ4v) is 4.58. The number of benzene rings is 1. The van der Waals surface area contributed by atoms with Crippen LogP contribution in [0.4, 0.5) is 14.9 Å². The summed E-state index contributed by atoms with van der Waals surface area (Å²) in [7, 11) is 0. The number of carbonyl (C=O) groups excluding carboxylic acids is 2. The Balaban J connectivity index is 1.27. The molecular weight excluding hydrogens is 409 g/mol. The molecule has 0 aliphatic carbocycles. The summed E-state index contributed by atoms with van der Waals surface area (Å²) in [6, 6.07) is 5.92. The second kappa shape index (κ2) is 9.48. The van der Waals surface area contributed by atoms with Crippen LogP contribution in [-0.4, -0.2) is 59.4 Å². The van der Waals surface area contributed by atoms with Crippen molar-refractivity contribution in [2.45, 2.75) is 37.7 Å². The van der Waals surface area contributed by atoms with Crippen LogP contribution < -0.4 is 10.6 Å². The summed E-state index contributed by atoms with van der Waals surface area (Å²) in [5.74, 6) is -0.824. The lowest BCUT2D eigenvalue weighted by molar-refractivity contribution is 0.102. The summed E-state index contributed by atoms with van der Waals surface area (Å²) >= 11 is 1.22. The fraction of sp³-hybridized carbons (Fsp3) is 0.500. The predicted molar refractivity (Wildman–Crippen MR) is 110 cm³/mol. The van der Waals surface area contributed by atoms with E-state index in [0.717, 1.165) is 37.3 Å². The van der Waals surface area contributed by atoms with Gasteiger partial charge in [-0.05, 0) is 37.8 Å². The zero-order valence-electron chi connectivity index (χ0n) is 16.5. The molecule has 3 heterocycles. The van der Waals surface area contributed by atoms with Gasteiger partial charge in [0.25, 0.3) is 5.91 Å². The molecule has 0 radical (unpaired) electrons. The number of aromatic nitrogens is 2. The third kappa shape index (κ3) is 4.93. The molecule has 3 amide bonds. The van der Waals surface area contributed by atoms with Crippen molar-refractivity contribution >= 4 is 29.0 Å². The van der Waals surface area contributed by atoms with Gasteiger partial charge in [-0.15, -0.1) is 10.2 Å². The van der Waals surface area contributed by atoms with E-state index in [-0.39, 0.29) is 28.7 Å². The van der Waals surface area contributed by atoms with Gasteiger partial charge in [-0.25, -0.2) is 9.18 Å². The molecule has 0 bridgehead atoms. The van der Waals surface area contributed by atoms with Crippen molar-refractivity contribution in [3.8, 4) is 0 Å². The minimum Gasteiger partial charge on any atom is -0.376 e. The van der Waals surface area contributed by atoms with Gasteiger partial charge in [0.05, 0.1) is 11.8 Å². The lowest BCUT2D eigenvalue weighted by atomic mass is 9.98. The van der Waals surface area contributed by atoms with Gasteiger partial charge in [0.2, 0.25) is 5.01 Å². The number of halogens is 1. The van der Waals surface area contributed by atoms with Crippen LogP contribution in [0.1, 0.15) is 46.4 Å². The number of anilines is 1. The lowest BCUT2D eigenvalue weighted by Gasteiger charge is -2.31. The van der Waals surface area contributed by atoms with E-state index in [1.54, 1.807) is 17.0 Å². The van der Waals surface area contributed by atoms with Crippen LogP contribution in [0.15, 0.2) is 24.3 Å². The standard InChI is InChI=1S/C20H24FN5O3S/c21-15-5-1-2-6-16(15)23-17(27)19-25-24-18(30-19)13-7-9-26(10-8-13)20(28)22-12-14-4-3-11-29-14/h1-2,5-6,13-14H,3-4,7-12H2,(H,22,28)(H,23,27)/t14-/m0/s1. The molecule has 2 aliphatic heterocycles. The number of amides is 3. The molecule has 30 heavy (non-hydrogen) atoms. The number of likely N-dealkylation sites (tertiary alicyclic amines) is 1. The smallest absolute Gasteiger partial charge is 0.317 e. The van der Waals surface area contributed by atoms with Gasteiger partial charge in [-0.2, -0.15) is 0 Å². The Morgan fingerprint density at radius 3 is 2.73 bits per heavy atom. The monoisotopic (exact) mass is 433 g/mol.